The van der Waals surface area contributed by atoms with Crippen molar-refractivity contribution in [3.63, 3.8) is 0 Å². The zero-order valence-corrected chi connectivity index (χ0v) is 23.8. The van der Waals surface area contributed by atoms with E-state index < -0.39 is 27.4 Å². The molecule has 0 aliphatic carbocycles. The van der Waals surface area contributed by atoms with Crippen molar-refractivity contribution in [2.75, 3.05) is 51.8 Å². The second-order valence-electron chi connectivity index (χ2n) is 10.0. The summed E-state index contributed by atoms with van der Waals surface area (Å²) >= 11 is 0. The van der Waals surface area contributed by atoms with Crippen molar-refractivity contribution in [1.29, 1.82) is 0 Å². The molecule has 1 aromatic carbocycles. The third kappa shape index (κ3) is 5.79. The molecule has 2 aromatic rings. The van der Waals surface area contributed by atoms with Gasteiger partial charge in [-0.1, -0.05) is 22.6 Å². The number of quaternary nitrogens is 1. The van der Waals surface area contributed by atoms with Crippen LogP contribution in [0.2, 0.25) is 0 Å². The smallest absolute Gasteiger partial charge is 0.273 e. The number of rotatable bonds is 11. The van der Waals surface area contributed by atoms with Gasteiger partial charge < -0.3 is 14.9 Å². The summed E-state index contributed by atoms with van der Waals surface area (Å²) in [5.74, 6) is 0.796. The molecule has 214 valence electrons. The van der Waals surface area contributed by atoms with Crippen LogP contribution in [0.1, 0.15) is 67.1 Å². The highest BCUT2D eigenvalue weighted by atomic mass is 32.2. The molecule has 3 atom stereocenters. The van der Waals surface area contributed by atoms with E-state index in [1.807, 2.05) is 27.8 Å². The third-order valence-corrected chi connectivity index (χ3v) is 8.96. The first-order chi connectivity index (χ1) is 18.6. The number of nitrogens with one attached hydrogen (secondary N) is 1. The Kier molecular flexibility index (Phi) is 9.19. The van der Waals surface area contributed by atoms with Gasteiger partial charge in [0, 0.05) is 17.7 Å². The molecule has 1 saturated heterocycles. The number of benzene rings is 1. The Morgan fingerprint density at radius 1 is 1.31 bits per heavy atom. The number of fused-ring (bicyclic) bond motifs is 1. The lowest BCUT2D eigenvalue weighted by Crippen LogP contribution is -2.57. The molecule has 1 fully saturated rings. The Balaban J connectivity index is 1.75. The lowest BCUT2D eigenvalue weighted by molar-refractivity contribution is -1.00. The van der Waals surface area contributed by atoms with Gasteiger partial charge >= 0.3 is 0 Å². The van der Waals surface area contributed by atoms with Crippen molar-refractivity contribution in [3.05, 3.63) is 51.2 Å². The van der Waals surface area contributed by atoms with Crippen LogP contribution in [0.5, 0.6) is 5.75 Å². The van der Waals surface area contributed by atoms with Crippen molar-refractivity contribution < 1.29 is 28.4 Å². The number of nitrogens with zero attached hydrogens (tertiary/aromatic N) is 5. The van der Waals surface area contributed by atoms with Gasteiger partial charge in [-0.15, -0.1) is 0 Å². The fourth-order valence-corrected chi connectivity index (χ4v) is 6.53. The number of aromatic nitrogens is 1. The van der Waals surface area contributed by atoms with E-state index in [2.05, 4.69) is 20.5 Å². The SMILES string of the molecule is CCCc1c(C(O)CCN=O)c(C)c2n1NC(c1cc(S(=O)[N+]3(O)CCN(C)CC3)ccc1OCC)=NC2O. The molecule has 2 aliphatic heterocycles. The van der Waals surface area contributed by atoms with Crippen molar-refractivity contribution in [2.45, 2.75) is 57.3 Å². The standard InChI is InChI=1S/C26H39N6O6S/c1-5-7-20-23(21(33)10-11-27-35)17(3)24-26(34)28-25(29-31(20)24)19-16-18(8-9-22(19)38-6-2)39(37)32(36)14-12-30(4)13-15-32/h8-9,16,21,26,33-34,36H,5-7,10-15H2,1-4H3,(H,28,29)/q+1. The molecule has 12 nitrogen and oxygen atoms in total. The number of likely N-dealkylation sites (N-methyl/N-ethyl adjacent to an activating group) is 1. The summed E-state index contributed by atoms with van der Waals surface area (Å²) < 4.78 is 20.6. The molecule has 1 aromatic heterocycles. The Bertz CT molecular complexity index is 1260. The maximum atomic E-state index is 13.5. The van der Waals surface area contributed by atoms with E-state index in [-0.39, 0.29) is 13.0 Å². The second-order valence-corrected chi connectivity index (χ2v) is 11.7. The monoisotopic (exact) mass is 563 g/mol. The van der Waals surface area contributed by atoms with Crippen molar-refractivity contribution in [1.82, 2.24) is 9.58 Å². The highest BCUT2D eigenvalue weighted by molar-refractivity contribution is 7.79. The number of aliphatic hydroxyl groups excluding tert-OH is 2. The minimum atomic E-state index is -1.76. The molecule has 0 bridgehead atoms. The second kappa shape index (κ2) is 12.2. The molecular weight excluding hydrogens is 524 g/mol. The minimum Gasteiger partial charge on any atom is -0.493 e. The molecule has 2 aliphatic rings. The van der Waals surface area contributed by atoms with Gasteiger partial charge in [0.25, 0.3) is 11.0 Å². The average Bonchev–Trinajstić information content (AvgIpc) is 3.20. The maximum Gasteiger partial charge on any atom is 0.273 e. The lowest BCUT2D eigenvalue weighted by Gasteiger charge is -2.35. The Labute approximate surface area is 231 Å². The number of amidine groups is 1. The predicted octanol–water partition coefficient (Wildman–Crippen LogP) is 2.51. The fourth-order valence-electron chi connectivity index (χ4n) is 5.24. The topological polar surface area (TPSA) is 149 Å². The van der Waals surface area contributed by atoms with Crippen LogP contribution in [0.15, 0.2) is 33.3 Å². The summed E-state index contributed by atoms with van der Waals surface area (Å²) in [4.78, 5) is 17.7. The van der Waals surface area contributed by atoms with Gasteiger partial charge in [0.2, 0.25) is 0 Å². The normalized spacial score (nSPS) is 20.5. The third-order valence-electron chi connectivity index (χ3n) is 7.32. The van der Waals surface area contributed by atoms with E-state index in [1.165, 1.54) is 0 Å². The van der Waals surface area contributed by atoms with Crippen LogP contribution >= 0.6 is 0 Å². The first-order valence-electron chi connectivity index (χ1n) is 13.4. The number of nitroso groups, excluding NO2 is 1. The number of ether oxygens (including phenoxy) is 1. The summed E-state index contributed by atoms with van der Waals surface area (Å²) in [6, 6.07) is 5.07. The minimum absolute atomic E-state index is 0.0206. The highest BCUT2D eigenvalue weighted by Gasteiger charge is 2.39. The van der Waals surface area contributed by atoms with E-state index in [0.717, 1.165) is 12.1 Å². The van der Waals surface area contributed by atoms with Crippen molar-refractivity contribution >= 4 is 16.8 Å². The molecule has 0 saturated carbocycles. The Hall–Kier alpha value is -2.68. The quantitative estimate of drug-likeness (QED) is 0.241. The number of aliphatic imine (C=N–C) groups is 1. The Morgan fingerprint density at radius 3 is 2.67 bits per heavy atom. The number of hydrogen-bond acceptors (Lipinski definition) is 10. The van der Waals surface area contributed by atoms with Gasteiger partial charge in [0.1, 0.15) is 18.8 Å². The Morgan fingerprint density at radius 2 is 2.03 bits per heavy atom. The molecule has 0 radical (unpaired) electrons. The number of piperazine rings is 1. The van der Waals surface area contributed by atoms with Crippen LogP contribution in [-0.2, 0) is 17.4 Å². The predicted molar refractivity (Wildman–Crippen MR) is 148 cm³/mol. The number of hydrogen-bond donors (Lipinski definition) is 4. The molecule has 4 N–H and O–H groups in total. The number of hydroxylamine groups is 2. The summed E-state index contributed by atoms with van der Waals surface area (Å²) in [7, 11) is 0.209. The zero-order chi connectivity index (χ0) is 28.3. The van der Waals surface area contributed by atoms with Crippen LogP contribution in [0, 0.1) is 11.8 Å². The van der Waals surface area contributed by atoms with Crippen molar-refractivity contribution in [2.24, 2.45) is 10.2 Å². The van der Waals surface area contributed by atoms with Crippen LogP contribution in [0.25, 0.3) is 0 Å². The lowest BCUT2D eigenvalue weighted by atomic mass is 9.99. The molecular formula is C26H39N6O6S+. The summed E-state index contributed by atoms with van der Waals surface area (Å²) in [6.45, 7) is 7.97. The largest absolute Gasteiger partial charge is 0.493 e. The molecule has 13 heteroatoms. The van der Waals surface area contributed by atoms with Crippen LogP contribution in [-0.4, -0.2) is 85.5 Å². The van der Waals surface area contributed by atoms with E-state index in [0.29, 0.717) is 78.1 Å². The molecule has 0 amide bonds. The average molecular weight is 564 g/mol. The van der Waals surface area contributed by atoms with Gasteiger partial charge in [-0.2, -0.15) is 9.12 Å². The summed E-state index contributed by atoms with van der Waals surface area (Å²) in [6.07, 6.45) is -0.593. The van der Waals surface area contributed by atoms with Gasteiger partial charge in [-0.05, 0) is 51.1 Å². The van der Waals surface area contributed by atoms with Gasteiger partial charge in [0.15, 0.2) is 12.1 Å². The molecule has 3 heterocycles. The first kappa shape index (κ1) is 29.3. The number of aliphatic hydroxyl groups is 2. The van der Waals surface area contributed by atoms with Gasteiger partial charge in [0.05, 0.1) is 48.5 Å². The fraction of sp³-hybridized carbons (Fsp3) is 0.577. The van der Waals surface area contributed by atoms with E-state index in [9.17, 15) is 24.5 Å². The van der Waals surface area contributed by atoms with Crippen LogP contribution in [0.3, 0.4) is 0 Å². The molecule has 4 rings (SSSR count). The van der Waals surface area contributed by atoms with Crippen LogP contribution in [0.4, 0.5) is 0 Å². The van der Waals surface area contributed by atoms with E-state index >= 15 is 0 Å². The van der Waals surface area contributed by atoms with E-state index in [4.69, 9.17) is 4.74 Å². The van der Waals surface area contributed by atoms with Crippen LogP contribution < -0.4 is 10.2 Å². The summed E-state index contributed by atoms with van der Waals surface area (Å²) in [5.41, 5.74) is 6.42. The molecule has 39 heavy (non-hydrogen) atoms. The van der Waals surface area contributed by atoms with Gasteiger partial charge in [-0.25, -0.2) is 10.2 Å². The van der Waals surface area contributed by atoms with E-state index in [1.54, 1.807) is 22.9 Å². The van der Waals surface area contributed by atoms with Crippen molar-refractivity contribution in [3.8, 4) is 5.75 Å². The summed E-state index contributed by atoms with van der Waals surface area (Å²) in [5, 5.41) is 36.1. The van der Waals surface area contributed by atoms with Gasteiger partial charge in [-0.3, -0.25) is 15.0 Å². The molecule has 3 unspecified atom stereocenters. The molecule has 0 spiro atoms. The zero-order valence-electron chi connectivity index (χ0n) is 23.0. The maximum absolute atomic E-state index is 13.5. The first-order valence-corrected chi connectivity index (χ1v) is 14.5. The highest BCUT2D eigenvalue weighted by Crippen LogP contribution is 2.37.